The average Bonchev–Trinajstić information content (AvgIpc) is 2.65. The number of hydrogen-bond donors (Lipinski definition) is 2. The lowest BCUT2D eigenvalue weighted by molar-refractivity contribution is 0.722. The molecule has 1 heterocycles. The van der Waals surface area contributed by atoms with Crippen LogP contribution in [0.4, 0.5) is 0 Å². The summed E-state index contributed by atoms with van der Waals surface area (Å²) >= 11 is 1.72. The number of thiazole rings is 1. The van der Waals surface area contributed by atoms with E-state index in [1.807, 2.05) is 13.8 Å². The Morgan fingerprint density at radius 3 is 2.61 bits per heavy atom. The summed E-state index contributed by atoms with van der Waals surface area (Å²) in [5.74, 6) is 1.02. The molecule has 0 aliphatic heterocycles. The normalized spacial score (nSPS) is 11.8. The van der Waals surface area contributed by atoms with Crippen LogP contribution in [0, 0.1) is 0 Å². The topological polar surface area (TPSA) is 63.3 Å². The molecule has 0 spiro atoms. The Labute approximate surface area is 131 Å². The molecule has 0 atom stereocenters. The highest BCUT2D eigenvalue weighted by Crippen LogP contribution is 2.19. The van der Waals surface area contributed by atoms with E-state index in [1.165, 1.54) is 5.01 Å². The average molecular weight is 382 g/mol. The standard InChI is InChI=1S/C12H22N4S.HI/c1-8(2)11-16-10(7-17-11)5-6-14-12(13)15-9(3)4;/h7-9H,5-6H2,1-4H3,(H3,13,14,15);1H. The predicted octanol–water partition coefficient (Wildman–Crippen LogP) is 2.74. The summed E-state index contributed by atoms with van der Waals surface area (Å²) in [6, 6.07) is 0.325. The van der Waals surface area contributed by atoms with Gasteiger partial charge in [0.15, 0.2) is 5.96 Å². The predicted molar refractivity (Wildman–Crippen MR) is 90.1 cm³/mol. The zero-order chi connectivity index (χ0) is 12.8. The molecule has 0 saturated carbocycles. The molecule has 104 valence electrons. The van der Waals surface area contributed by atoms with Gasteiger partial charge < -0.3 is 11.1 Å². The van der Waals surface area contributed by atoms with Crippen molar-refractivity contribution in [2.24, 2.45) is 10.7 Å². The van der Waals surface area contributed by atoms with Crippen LogP contribution in [-0.4, -0.2) is 23.5 Å². The number of nitrogens with one attached hydrogen (secondary N) is 1. The first-order valence-electron chi connectivity index (χ1n) is 5.99. The third kappa shape index (κ3) is 6.53. The van der Waals surface area contributed by atoms with Gasteiger partial charge >= 0.3 is 0 Å². The van der Waals surface area contributed by atoms with E-state index in [0.29, 0.717) is 24.5 Å². The van der Waals surface area contributed by atoms with Crippen molar-refractivity contribution in [2.45, 2.75) is 46.1 Å². The van der Waals surface area contributed by atoms with Gasteiger partial charge in [0.2, 0.25) is 0 Å². The number of aromatic nitrogens is 1. The molecule has 0 aliphatic carbocycles. The molecule has 18 heavy (non-hydrogen) atoms. The molecule has 0 aromatic carbocycles. The molecule has 0 bridgehead atoms. The molecule has 1 aromatic rings. The van der Waals surface area contributed by atoms with Crippen LogP contribution < -0.4 is 11.1 Å². The van der Waals surface area contributed by atoms with Crippen molar-refractivity contribution in [3.8, 4) is 0 Å². The van der Waals surface area contributed by atoms with Gasteiger partial charge in [-0.05, 0) is 13.8 Å². The first-order chi connectivity index (χ1) is 7.99. The molecule has 0 unspecified atom stereocenters. The molecular weight excluding hydrogens is 359 g/mol. The Morgan fingerprint density at radius 2 is 2.11 bits per heavy atom. The fourth-order valence-electron chi connectivity index (χ4n) is 1.33. The Kier molecular flexibility index (Phi) is 8.51. The summed E-state index contributed by atoms with van der Waals surface area (Å²) in [5.41, 5.74) is 6.82. The summed E-state index contributed by atoms with van der Waals surface area (Å²) in [7, 11) is 0. The molecule has 6 heteroatoms. The summed E-state index contributed by atoms with van der Waals surface area (Å²) in [5, 5.41) is 6.36. The van der Waals surface area contributed by atoms with Gasteiger partial charge in [-0.1, -0.05) is 13.8 Å². The first kappa shape index (κ1) is 17.6. The van der Waals surface area contributed by atoms with E-state index >= 15 is 0 Å². The zero-order valence-corrected chi connectivity index (χ0v) is 14.6. The van der Waals surface area contributed by atoms with Crippen LogP contribution >= 0.6 is 35.3 Å². The molecule has 0 radical (unpaired) electrons. The molecule has 0 fully saturated rings. The lowest BCUT2D eigenvalue weighted by atomic mass is 10.2. The van der Waals surface area contributed by atoms with Crippen LogP contribution in [0.5, 0.6) is 0 Å². The van der Waals surface area contributed by atoms with Crippen molar-refractivity contribution in [3.63, 3.8) is 0 Å². The lowest BCUT2D eigenvalue weighted by Crippen LogP contribution is -2.36. The molecular formula is C12H23IN4S. The van der Waals surface area contributed by atoms with Gasteiger partial charge in [-0.2, -0.15) is 0 Å². The van der Waals surface area contributed by atoms with Crippen molar-refractivity contribution >= 4 is 41.3 Å². The van der Waals surface area contributed by atoms with Crippen LogP contribution in [0.2, 0.25) is 0 Å². The highest BCUT2D eigenvalue weighted by molar-refractivity contribution is 14.0. The Balaban J connectivity index is 0.00000289. The zero-order valence-electron chi connectivity index (χ0n) is 11.4. The molecule has 3 N–H and O–H groups in total. The van der Waals surface area contributed by atoms with E-state index in [0.717, 1.165) is 12.1 Å². The fourth-order valence-corrected chi connectivity index (χ4v) is 2.20. The van der Waals surface area contributed by atoms with Crippen molar-refractivity contribution in [3.05, 3.63) is 16.1 Å². The van der Waals surface area contributed by atoms with Crippen molar-refractivity contribution in [1.29, 1.82) is 0 Å². The Morgan fingerprint density at radius 1 is 1.44 bits per heavy atom. The van der Waals surface area contributed by atoms with Crippen LogP contribution in [-0.2, 0) is 6.42 Å². The lowest BCUT2D eigenvalue weighted by Gasteiger charge is -2.07. The van der Waals surface area contributed by atoms with Crippen LogP contribution in [0.1, 0.15) is 44.3 Å². The summed E-state index contributed by atoms with van der Waals surface area (Å²) in [4.78, 5) is 8.82. The van der Waals surface area contributed by atoms with Gasteiger partial charge in [0.25, 0.3) is 0 Å². The molecule has 1 rings (SSSR count). The third-order valence-corrected chi connectivity index (χ3v) is 3.34. The fraction of sp³-hybridized carbons (Fsp3) is 0.667. The Bertz CT molecular complexity index is 374. The maximum absolute atomic E-state index is 5.71. The van der Waals surface area contributed by atoms with Crippen molar-refractivity contribution in [2.75, 3.05) is 6.54 Å². The van der Waals surface area contributed by atoms with Gasteiger partial charge in [0, 0.05) is 30.3 Å². The summed E-state index contributed by atoms with van der Waals surface area (Å²) in [6.45, 7) is 9.08. The number of nitrogens with zero attached hydrogens (tertiary/aromatic N) is 2. The van der Waals surface area contributed by atoms with E-state index in [2.05, 4.69) is 34.5 Å². The second-order valence-corrected chi connectivity index (χ2v) is 5.54. The maximum atomic E-state index is 5.71. The molecule has 0 amide bonds. The van der Waals surface area contributed by atoms with Gasteiger partial charge in [0.05, 0.1) is 10.7 Å². The van der Waals surface area contributed by atoms with Crippen molar-refractivity contribution < 1.29 is 0 Å². The second kappa shape index (κ2) is 8.68. The van der Waals surface area contributed by atoms with Gasteiger partial charge in [-0.3, -0.25) is 4.99 Å². The van der Waals surface area contributed by atoms with Crippen molar-refractivity contribution in [1.82, 2.24) is 10.3 Å². The van der Waals surface area contributed by atoms with Crippen LogP contribution in [0.15, 0.2) is 10.4 Å². The van der Waals surface area contributed by atoms with Crippen LogP contribution in [0.25, 0.3) is 0 Å². The van der Waals surface area contributed by atoms with Gasteiger partial charge in [0.1, 0.15) is 0 Å². The number of guanidine groups is 1. The minimum atomic E-state index is 0. The van der Waals surface area contributed by atoms with E-state index in [9.17, 15) is 0 Å². The molecule has 0 saturated heterocycles. The maximum Gasteiger partial charge on any atom is 0.188 e. The monoisotopic (exact) mass is 382 g/mol. The van der Waals surface area contributed by atoms with Gasteiger partial charge in [-0.15, -0.1) is 35.3 Å². The third-order valence-electron chi connectivity index (χ3n) is 2.15. The minimum Gasteiger partial charge on any atom is -0.370 e. The number of hydrogen-bond acceptors (Lipinski definition) is 3. The molecule has 0 aliphatic rings. The molecule has 4 nitrogen and oxygen atoms in total. The van der Waals surface area contributed by atoms with E-state index in [4.69, 9.17) is 5.73 Å². The first-order valence-corrected chi connectivity index (χ1v) is 6.87. The minimum absolute atomic E-state index is 0. The quantitative estimate of drug-likeness (QED) is 0.468. The highest BCUT2D eigenvalue weighted by atomic mass is 127. The number of halogens is 1. The SMILES string of the molecule is CC(C)NC(N)=NCCc1csc(C(C)C)n1.I. The Hall–Kier alpha value is -0.370. The largest absolute Gasteiger partial charge is 0.370 e. The second-order valence-electron chi connectivity index (χ2n) is 4.65. The number of nitrogens with two attached hydrogens (primary N) is 1. The number of aliphatic imine (C=N–C) groups is 1. The summed E-state index contributed by atoms with van der Waals surface area (Å²) < 4.78 is 0. The van der Waals surface area contributed by atoms with Gasteiger partial charge in [-0.25, -0.2) is 4.98 Å². The summed E-state index contributed by atoms with van der Waals surface area (Å²) in [6.07, 6.45) is 0.851. The van der Waals surface area contributed by atoms with E-state index in [-0.39, 0.29) is 24.0 Å². The smallest absolute Gasteiger partial charge is 0.188 e. The van der Waals surface area contributed by atoms with Crippen LogP contribution in [0.3, 0.4) is 0 Å². The molecule has 1 aromatic heterocycles. The van der Waals surface area contributed by atoms with E-state index < -0.39 is 0 Å². The highest BCUT2D eigenvalue weighted by Gasteiger charge is 2.05. The van der Waals surface area contributed by atoms with E-state index in [1.54, 1.807) is 11.3 Å². The number of rotatable bonds is 5.